The number of piperidine rings is 1. The lowest BCUT2D eigenvalue weighted by atomic mass is 10.0. The van der Waals surface area contributed by atoms with E-state index in [1.807, 2.05) is 36.2 Å². The van der Waals surface area contributed by atoms with Crippen LogP contribution in [0, 0.1) is 0 Å². The number of hydrogen-bond donors (Lipinski definition) is 1. The van der Waals surface area contributed by atoms with Gasteiger partial charge in [-0.2, -0.15) is 0 Å². The molecule has 0 amide bonds. The van der Waals surface area contributed by atoms with Gasteiger partial charge in [-0.1, -0.05) is 11.6 Å². The highest BCUT2D eigenvalue weighted by Gasteiger charge is 2.23. The summed E-state index contributed by atoms with van der Waals surface area (Å²) in [7, 11) is 1.89. The second-order valence-corrected chi connectivity index (χ2v) is 6.12. The molecule has 0 saturated carbocycles. The van der Waals surface area contributed by atoms with Crippen molar-refractivity contribution in [2.24, 2.45) is 0 Å². The van der Waals surface area contributed by atoms with Crippen LogP contribution in [0.2, 0.25) is 5.02 Å². The Morgan fingerprint density at radius 2 is 1.96 bits per heavy atom. The van der Waals surface area contributed by atoms with Gasteiger partial charge in [0.25, 0.3) is 0 Å². The third-order valence-electron chi connectivity index (χ3n) is 4.05. The zero-order valence-corrected chi connectivity index (χ0v) is 14.9. The Labute approximate surface area is 148 Å². The van der Waals surface area contributed by atoms with Gasteiger partial charge in [-0.3, -0.25) is 14.6 Å². The molecule has 1 fully saturated rings. The van der Waals surface area contributed by atoms with E-state index < -0.39 is 5.97 Å². The van der Waals surface area contributed by atoms with E-state index in [1.54, 1.807) is 0 Å². The van der Waals surface area contributed by atoms with E-state index in [4.69, 9.17) is 21.4 Å². The summed E-state index contributed by atoms with van der Waals surface area (Å²) in [6, 6.07) is 7.75. The third-order valence-corrected chi connectivity index (χ3v) is 4.31. The molecule has 1 heterocycles. The standard InChI is InChI=1S/C16H23ClN2O3.ClH/c1-18(12-16(20)21)14-6-8-19(9-7-14)10-11-22-15-4-2-13(17)3-5-15;/h2-5,14H,6-12H2,1H3,(H,20,21);1H. The number of ether oxygens (including phenoxy) is 1. The molecular formula is C16H24Cl2N2O3. The molecule has 0 aromatic heterocycles. The monoisotopic (exact) mass is 362 g/mol. The van der Waals surface area contributed by atoms with Crippen LogP contribution in [0.3, 0.4) is 0 Å². The van der Waals surface area contributed by atoms with Gasteiger partial charge in [0.05, 0.1) is 6.54 Å². The molecule has 0 aliphatic carbocycles. The fourth-order valence-corrected chi connectivity index (χ4v) is 2.88. The minimum absolute atomic E-state index is 0. The van der Waals surface area contributed by atoms with Crippen LogP contribution in [0.25, 0.3) is 0 Å². The first-order chi connectivity index (χ1) is 10.5. The van der Waals surface area contributed by atoms with Gasteiger partial charge in [-0.15, -0.1) is 12.4 Å². The highest BCUT2D eigenvalue weighted by atomic mass is 35.5. The minimum Gasteiger partial charge on any atom is -0.492 e. The normalized spacial score (nSPS) is 16.1. The summed E-state index contributed by atoms with van der Waals surface area (Å²) in [6.07, 6.45) is 2.01. The average molecular weight is 363 g/mol. The van der Waals surface area contributed by atoms with E-state index in [9.17, 15) is 4.79 Å². The van der Waals surface area contributed by atoms with Gasteiger partial charge in [0.15, 0.2) is 0 Å². The number of aliphatic carboxylic acids is 1. The molecule has 0 spiro atoms. The van der Waals surface area contributed by atoms with Crippen LogP contribution >= 0.6 is 24.0 Å². The zero-order chi connectivity index (χ0) is 15.9. The van der Waals surface area contributed by atoms with Crippen LogP contribution in [-0.4, -0.2) is 66.8 Å². The molecule has 0 atom stereocenters. The number of benzene rings is 1. The maximum Gasteiger partial charge on any atom is 0.317 e. The molecule has 1 aromatic rings. The van der Waals surface area contributed by atoms with Crippen LogP contribution in [0.15, 0.2) is 24.3 Å². The van der Waals surface area contributed by atoms with Crippen molar-refractivity contribution in [3.05, 3.63) is 29.3 Å². The fraction of sp³-hybridized carbons (Fsp3) is 0.562. The molecule has 1 saturated heterocycles. The third kappa shape index (κ3) is 6.96. The maximum atomic E-state index is 10.7. The highest BCUT2D eigenvalue weighted by Crippen LogP contribution is 2.17. The van der Waals surface area contributed by atoms with Gasteiger partial charge in [-0.05, 0) is 57.2 Å². The molecule has 2 rings (SSSR count). The lowest BCUT2D eigenvalue weighted by Gasteiger charge is -2.36. The topological polar surface area (TPSA) is 53.0 Å². The van der Waals surface area contributed by atoms with Gasteiger partial charge in [0.1, 0.15) is 12.4 Å². The molecule has 1 aromatic carbocycles. The molecule has 5 nitrogen and oxygen atoms in total. The van der Waals surface area contributed by atoms with Crippen LogP contribution in [-0.2, 0) is 4.79 Å². The number of nitrogens with zero attached hydrogens (tertiary/aromatic N) is 2. The number of halogens is 2. The molecular weight excluding hydrogens is 339 g/mol. The summed E-state index contributed by atoms with van der Waals surface area (Å²) < 4.78 is 5.70. The van der Waals surface area contributed by atoms with Crippen molar-refractivity contribution in [1.82, 2.24) is 9.80 Å². The number of likely N-dealkylation sites (N-methyl/N-ethyl adjacent to an activating group) is 1. The Hall–Kier alpha value is -1.01. The van der Waals surface area contributed by atoms with Gasteiger partial charge in [0.2, 0.25) is 0 Å². The fourth-order valence-electron chi connectivity index (χ4n) is 2.75. The van der Waals surface area contributed by atoms with Crippen LogP contribution in [0.5, 0.6) is 5.75 Å². The smallest absolute Gasteiger partial charge is 0.317 e. The Kier molecular flexibility index (Phi) is 8.69. The largest absolute Gasteiger partial charge is 0.492 e. The van der Waals surface area contributed by atoms with E-state index in [2.05, 4.69) is 4.90 Å². The summed E-state index contributed by atoms with van der Waals surface area (Å²) in [4.78, 5) is 15.0. The Morgan fingerprint density at radius 3 is 2.52 bits per heavy atom. The van der Waals surface area contributed by atoms with Gasteiger partial charge in [-0.25, -0.2) is 0 Å². The first-order valence-corrected chi connectivity index (χ1v) is 7.95. The predicted molar refractivity (Wildman–Crippen MR) is 93.9 cm³/mol. The lowest BCUT2D eigenvalue weighted by Crippen LogP contribution is -2.45. The molecule has 130 valence electrons. The van der Waals surface area contributed by atoms with Gasteiger partial charge >= 0.3 is 5.97 Å². The number of carboxylic acids is 1. The van der Waals surface area contributed by atoms with Crippen LogP contribution in [0.4, 0.5) is 0 Å². The molecule has 1 aliphatic heterocycles. The second kappa shape index (κ2) is 9.98. The van der Waals surface area contributed by atoms with Crippen molar-refractivity contribution >= 4 is 30.0 Å². The van der Waals surface area contributed by atoms with Crippen molar-refractivity contribution in [3.63, 3.8) is 0 Å². The minimum atomic E-state index is -0.763. The maximum absolute atomic E-state index is 10.7. The number of carbonyl (C=O) groups is 1. The van der Waals surface area contributed by atoms with Crippen molar-refractivity contribution in [2.45, 2.75) is 18.9 Å². The van der Waals surface area contributed by atoms with E-state index >= 15 is 0 Å². The Bertz CT molecular complexity index is 477. The SMILES string of the molecule is CN(CC(=O)O)C1CCN(CCOc2ccc(Cl)cc2)CC1.Cl. The lowest BCUT2D eigenvalue weighted by molar-refractivity contribution is -0.138. The van der Waals surface area contributed by atoms with Crippen molar-refractivity contribution < 1.29 is 14.6 Å². The number of rotatable bonds is 7. The van der Waals surface area contributed by atoms with Crippen LogP contribution < -0.4 is 4.74 Å². The molecule has 1 N–H and O–H groups in total. The summed E-state index contributed by atoms with van der Waals surface area (Å²) in [5, 5.41) is 9.54. The van der Waals surface area contributed by atoms with Crippen molar-refractivity contribution in [2.75, 3.05) is 39.8 Å². The van der Waals surface area contributed by atoms with E-state index in [0.717, 1.165) is 38.2 Å². The first kappa shape index (κ1) is 20.0. The predicted octanol–water partition coefficient (Wildman–Crippen LogP) is 2.62. The van der Waals surface area contributed by atoms with E-state index in [1.165, 1.54) is 0 Å². The zero-order valence-electron chi connectivity index (χ0n) is 13.3. The highest BCUT2D eigenvalue weighted by molar-refractivity contribution is 6.30. The Balaban J connectivity index is 0.00000264. The molecule has 0 bridgehead atoms. The second-order valence-electron chi connectivity index (χ2n) is 5.68. The first-order valence-electron chi connectivity index (χ1n) is 7.57. The van der Waals surface area contributed by atoms with Crippen LogP contribution in [0.1, 0.15) is 12.8 Å². The van der Waals surface area contributed by atoms with E-state index in [0.29, 0.717) is 17.7 Å². The number of hydrogen-bond acceptors (Lipinski definition) is 4. The summed E-state index contributed by atoms with van der Waals surface area (Å²) >= 11 is 5.83. The summed E-state index contributed by atoms with van der Waals surface area (Å²) in [5.41, 5.74) is 0. The van der Waals surface area contributed by atoms with Crippen molar-refractivity contribution in [1.29, 1.82) is 0 Å². The number of likely N-dealkylation sites (tertiary alicyclic amines) is 1. The molecule has 0 unspecified atom stereocenters. The summed E-state index contributed by atoms with van der Waals surface area (Å²) in [5.74, 6) is 0.0711. The Morgan fingerprint density at radius 1 is 1.35 bits per heavy atom. The molecule has 7 heteroatoms. The molecule has 23 heavy (non-hydrogen) atoms. The van der Waals surface area contributed by atoms with Crippen molar-refractivity contribution in [3.8, 4) is 5.75 Å². The van der Waals surface area contributed by atoms with Gasteiger partial charge in [0, 0.05) is 17.6 Å². The quantitative estimate of drug-likeness (QED) is 0.807. The molecule has 0 radical (unpaired) electrons. The summed E-state index contributed by atoms with van der Waals surface area (Å²) in [6.45, 7) is 3.62. The molecule has 1 aliphatic rings. The van der Waals surface area contributed by atoms with E-state index in [-0.39, 0.29) is 19.0 Å². The average Bonchev–Trinajstić information content (AvgIpc) is 2.49. The van der Waals surface area contributed by atoms with Gasteiger partial charge < -0.3 is 9.84 Å². The number of carboxylic acid groups (broad SMARTS) is 1.